The van der Waals surface area contributed by atoms with Crippen molar-refractivity contribution < 1.29 is 57.9 Å². The third-order valence-corrected chi connectivity index (χ3v) is 3.20. The van der Waals surface area contributed by atoms with Crippen LogP contribution >= 0.6 is 8.25 Å². The van der Waals surface area contributed by atoms with E-state index in [9.17, 15) is 9.46 Å². The third kappa shape index (κ3) is 8.26. The fourth-order valence-electron chi connectivity index (χ4n) is 0.710. The van der Waals surface area contributed by atoms with Gasteiger partial charge in [0.2, 0.25) is 0 Å². The largest absolute Gasteiger partial charge is 1.00 e. The van der Waals surface area contributed by atoms with Crippen molar-refractivity contribution in [2.24, 2.45) is 0 Å². The molecule has 2 unspecified atom stereocenters. The molecule has 0 aliphatic rings. The molecule has 9 heteroatoms. The van der Waals surface area contributed by atoms with Crippen LogP contribution in [0.25, 0.3) is 0 Å². The van der Waals surface area contributed by atoms with E-state index in [0.29, 0.717) is 6.42 Å². The molecule has 0 aliphatic heterocycles. The molecule has 3 N–H and O–H groups in total. The Morgan fingerprint density at radius 2 is 2.00 bits per heavy atom. The minimum Gasteiger partial charge on any atom is -0.781 e. The summed E-state index contributed by atoms with van der Waals surface area (Å²) in [4.78, 5) is 36.2. The van der Waals surface area contributed by atoms with Gasteiger partial charge in [0.1, 0.15) is 14.0 Å². The van der Waals surface area contributed by atoms with E-state index < -0.39 is 22.8 Å². The molecule has 0 aromatic rings. The molecule has 0 heterocycles. The van der Waals surface area contributed by atoms with Gasteiger partial charge in [0, 0.05) is 0 Å². The van der Waals surface area contributed by atoms with E-state index >= 15 is 0 Å². The Labute approximate surface area is 100 Å². The van der Waals surface area contributed by atoms with Crippen LogP contribution in [0.15, 0.2) is 0 Å². The van der Waals surface area contributed by atoms with Crippen LogP contribution in [0.1, 0.15) is 19.8 Å². The van der Waals surface area contributed by atoms with Crippen LogP contribution in [0.2, 0.25) is 0 Å². The molecule has 0 radical (unpaired) electrons. The summed E-state index contributed by atoms with van der Waals surface area (Å²) in [7, 11) is -7.95. The van der Waals surface area contributed by atoms with Crippen LogP contribution in [0.4, 0.5) is 0 Å². The Kier molecular flexibility index (Phi) is 9.65. The molecule has 0 aromatic heterocycles. The predicted molar refractivity (Wildman–Crippen MR) is 41.2 cm³/mol. The maximum absolute atomic E-state index is 10.1. The number of hydrogen-bond acceptors (Lipinski definition) is 6. The van der Waals surface area contributed by atoms with E-state index in [0.717, 1.165) is 0 Å². The van der Waals surface area contributed by atoms with Crippen LogP contribution in [-0.2, 0) is 9.09 Å². The Balaban J connectivity index is 0. The first-order chi connectivity index (χ1) is 5.38. The maximum Gasteiger partial charge on any atom is 1.00 e. The van der Waals surface area contributed by atoms with Crippen molar-refractivity contribution >= 4 is 17.1 Å². The van der Waals surface area contributed by atoms with Crippen molar-refractivity contribution in [3.05, 3.63) is 0 Å². The second-order valence-corrected chi connectivity index (χ2v) is 5.09. The number of hydrogen-bond donors (Lipinski definition) is 3. The summed E-state index contributed by atoms with van der Waals surface area (Å²) < 4.78 is 14.2. The van der Waals surface area contributed by atoms with Gasteiger partial charge in [-0.3, -0.25) is 0 Å². The van der Waals surface area contributed by atoms with Gasteiger partial charge in [-0.05, 0) is 6.42 Å². The zero-order valence-corrected chi connectivity index (χ0v) is 11.6. The van der Waals surface area contributed by atoms with Crippen LogP contribution in [0, 0.1) is 0 Å². The fraction of sp³-hybridized carbons (Fsp3) is 1.00. The summed E-state index contributed by atoms with van der Waals surface area (Å²) in [6.45, 7) is 1.71. The molecular formula is C4H12NaO6PSi. The van der Waals surface area contributed by atoms with E-state index in [4.69, 9.17) is 14.4 Å². The molecule has 0 fully saturated rings. The first-order valence-electron chi connectivity index (χ1n) is 3.42. The molecule has 13 heavy (non-hydrogen) atoms. The standard InChI is InChI=1S/C4H13O6PSi.Na/c1-2-3-4(10-11(5)6)12(7,8)9;/h4,7-9,11H,2-3H2,1H3,(H,5,6);/q;+1/p-1. The van der Waals surface area contributed by atoms with Gasteiger partial charge >= 0.3 is 38.4 Å². The van der Waals surface area contributed by atoms with Crippen molar-refractivity contribution in [2.45, 2.75) is 25.5 Å². The van der Waals surface area contributed by atoms with Gasteiger partial charge in [-0.1, -0.05) is 13.3 Å². The quantitative estimate of drug-likeness (QED) is 0.328. The van der Waals surface area contributed by atoms with Crippen molar-refractivity contribution in [3.63, 3.8) is 0 Å². The molecular weight excluding hydrogens is 226 g/mol. The van der Waals surface area contributed by atoms with E-state index in [2.05, 4.69) is 4.52 Å². The minimum atomic E-state index is -4.47. The average Bonchev–Trinajstić information content (AvgIpc) is 1.83. The molecule has 0 aromatic carbocycles. The van der Waals surface area contributed by atoms with Gasteiger partial charge < -0.3 is 28.4 Å². The summed E-state index contributed by atoms with van der Waals surface area (Å²) in [5.74, 6) is 0. The molecule has 74 valence electrons. The smallest absolute Gasteiger partial charge is 0.781 e. The third-order valence-electron chi connectivity index (χ3n) is 1.22. The molecule has 0 aliphatic carbocycles. The normalized spacial score (nSPS) is 16.1. The molecule has 0 amide bonds. The summed E-state index contributed by atoms with van der Waals surface area (Å²) in [6, 6.07) is 0. The molecule has 0 bridgehead atoms. The zero-order valence-electron chi connectivity index (χ0n) is 7.56. The van der Waals surface area contributed by atoms with Crippen molar-refractivity contribution in [2.75, 3.05) is 0 Å². The summed E-state index contributed by atoms with van der Waals surface area (Å²) in [6.07, 6.45) is 0.602. The molecule has 0 rings (SSSR count). The average molecular weight is 238 g/mol. The van der Waals surface area contributed by atoms with Gasteiger partial charge in [-0.2, -0.15) is 0 Å². The monoisotopic (exact) mass is 238 g/mol. The van der Waals surface area contributed by atoms with Crippen LogP contribution < -0.4 is 34.5 Å². The number of rotatable bonds is 5. The zero-order chi connectivity index (χ0) is 9.78. The predicted octanol–water partition coefficient (Wildman–Crippen LogP) is -4.62. The Morgan fingerprint density at radius 3 is 2.23 bits per heavy atom. The van der Waals surface area contributed by atoms with Gasteiger partial charge in [0.05, 0.1) is 0 Å². The molecule has 2 atom stereocenters. The first-order valence-corrected chi connectivity index (χ1v) is 6.57. The molecule has 6 nitrogen and oxygen atoms in total. The van der Waals surface area contributed by atoms with Gasteiger partial charge in [-0.25, -0.2) is 0 Å². The Morgan fingerprint density at radius 1 is 1.54 bits per heavy atom. The summed E-state index contributed by atoms with van der Waals surface area (Å²) in [5, 5.41) is 0. The first kappa shape index (κ1) is 16.7. The van der Waals surface area contributed by atoms with Crippen molar-refractivity contribution in [1.29, 1.82) is 0 Å². The molecule has 0 saturated heterocycles. The van der Waals surface area contributed by atoms with E-state index in [1.54, 1.807) is 6.92 Å². The van der Waals surface area contributed by atoms with Gasteiger partial charge in [-0.15, -0.1) is 0 Å². The van der Waals surface area contributed by atoms with E-state index in [1.165, 1.54) is 0 Å². The van der Waals surface area contributed by atoms with Gasteiger partial charge in [0.15, 0.2) is 0 Å². The second kappa shape index (κ2) is 7.53. The Hall–Kier alpha value is 1.25. The van der Waals surface area contributed by atoms with Crippen LogP contribution in [-0.4, -0.2) is 28.9 Å². The summed E-state index contributed by atoms with van der Waals surface area (Å²) in [5.41, 5.74) is -1.37. The minimum absolute atomic E-state index is 0. The van der Waals surface area contributed by atoms with Crippen LogP contribution in [0.3, 0.4) is 0 Å². The van der Waals surface area contributed by atoms with Crippen molar-refractivity contribution in [3.8, 4) is 0 Å². The Bertz CT molecular complexity index is 161. The van der Waals surface area contributed by atoms with Crippen LogP contribution in [0.5, 0.6) is 0 Å². The van der Waals surface area contributed by atoms with E-state index in [1.807, 2.05) is 0 Å². The van der Waals surface area contributed by atoms with E-state index in [-0.39, 0.29) is 36.0 Å². The maximum atomic E-state index is 10.1. The van der Waals surface area contributed by atoms with Crippen molar-refractivity contribution in [1.82, 2.24) is 0 Å². The van der Waals surface area contributed by atoms with Gasteiger partial charge in [0.25, 0.3) is 0 Å². The SMILES string of the molecule is CCCC(O[PH](=O)[O-])[Si](O)(O)O.[Na+]. The fourth-order valence-corrected chi connectivity index (χ4v) is 2.66. The molecule has 0 saturated carbocycles. The topological polar surface area (TPSA) is 110 Å². The second-order valence-electron chi connectivity index (χ2n) is 2.33. The molecule has 0 spiro atoms. The summed E-state index contributed by atoms with van der Waals surface area (Å²) >= 11 is 0.